The molecule has 0 unspecified atom stereocenters. The number of aromatic hydroxyl groups is 1. The van der Waals surface area contributed by atoms with Crippen LogP contribution in [0.5, 0.6) is 5.75 Å². The van der Waals surface area contributed by atoms with Crippen LogP contribution < -0.4 is 10.4 Å². The van der Waals surface area contributed by atoms with Gasteiger partial charge >= 0.3 is 11.9 Å². The molecule has 0 saturated heterocycles. The minimum absolute atomic E-state index is 0.0110. The van der Waals surface area contributed by atoms with E-state index < -0.39 is 5.97 Å². The van der Waals surface area contributed by atoms with Crippen molar-refractivity contribution in [1.82, 2.24) is 4.90 Å². The Kier molecular flexibility index (Phi) is 6.47. The van der Waals surface area contributed by atoms with Gasteiger partial charge in [0.1, 0.15) is 5.75 Å². The molecule has 9 heteroatoms. The third-order valence-corrected chi connectivity index (χ3v) is 6.04. The van der Waals surface area contributed by atoms with Gasteiger partial charge < -0.3 is 10.2 Å². The summed E-state index contributed by atoms with van der Waals surface area (Å²) in [5.41, 5.74) is 8.27. The van der Waals surface area contributed by atoms with E-state index in [2.05, 4.69) is 15.6 Å². The van der Waals surface area contributed by atoms with Gasteiger partial charge in [-0.2, -0.15) is 15.2 Å². The number of carbonyl (C=O) groups excluding carboxylic acids is 1. The molecule has 0 bridgehead atoms. The van der Waals surface area contributed by atoms with Gasteiger partial charge in [0.2, 0.25) is 0 Å². The number of nitrogens with zero attached hydrogens (tertiary/aromatic N) is 4. The third-order valence-electron chi connectivity index (χ3n) is 6.04. The molecule has 0 atom stereocenters. The first-order valence-corrected chi connectivity index (χ1v) is 11.0. The van der Waals surface area contributed by atoms with Crippen LogP contribution >= 0.6 is 0 Å². The number of nitrogens with one attached hydrogen (secondary N) is 1. The average molecular weight is 462 g/mol. The van der Waals surface area contributed by atoms with Gasteiger partial charge in [-0.3, -0.25) is 19.9 Å². The van der Waals surface area contributed by atoms with E-state index in [-0.39, 0.29) is 23.9 Å². The van der Waals surface area contributed by atoms with Crippen LogP contribution in [0.15, 0.2) is 52.7 Å². The first kappa shape index (κ1) is 23.2. The number of carbonyl (C=O) groups is 2. The van der Waals surface area contributed by atoms with Crippen molar-refractivity contribution in [3.05, 3.63) is 59.2 Å². The first-order chi connectivity index (χ1) is 16.2. The average Bonchev–Trinajstić information content (AvgIpc) is 3.08. The van der Waals surface area contributed by atoms with Gasteiger partial charge in [0, 0.05) is 18.7 Å². The van der Waals surface area contributed by atoms with E-state index in [0.29, 0.717) is 42.2 Å². The van der Waals surface area contributed by atoms with Crippen molar-refractivity contribution in [2.75, 3.05) is 30.1 Å². The van der Waals surface area contributed by atoms with Crippen molar-refractivity contribution in [1.29, 1.82) is 0 Å². The molecule has 0 saturated carbocycles. The molecule has 2 aliphatic heterocycles. The molecule has 2 aromatic rings. The van der Waals surface area contributed by atoms with E-state index in [1.54, 1.807) is 25.1 Å². The summed E-state index contributed by atoms with van der Waals surface area (Å²) in [6.07, 6.45) is 2.55. The Labute approximate surface area is 197 Å². The molecule has 2 aromatic carbocycles. The molecular formula is C25H27N5O4. The largest absolute Gasteiger partial charge is 0.505 e. The lowest BCUT2D eigenvalue weighted by Crippen LogP contribution is -2.33. The number of carboxylic acid groups (broad SMARTS) is 1. The SMILES string of the molecule is CC1=NN(c2ccc(C)c(C)c2)C(=O)C1=NNc1cccc(C2=CCN(CC(=O)O)CC2)c1O. The molecule has 2 aliphatic rings. The molecule has 4 rings (SSSR count). The Morgan fingerprint density at radius 2 is 1.97 bits per heavy atom. The molecule has 0 aromatic heterocycles. The van der Waals surface area contributed by atoms with Crippen molar-refractivity contribution in [2.24, 2.45) is 10.2 Å². The molecule has 3 N–H and O–H groups in total. The van der Waals surface area contributed by atoms with E-state index in [9.17, 15) is 14.7 Å². The number of para-hydroxylation sites is 1. The summed E-state index contributed by atoms with van der Waals surface area (Å²) in [4.78, 5) is 25.7. The van der Waals surface area contributed by atoms with E-state index in [0.717, 1.165) is 16.7 Å². The number of aliphatic carboxylic acids is 1. The zero-order chi connectivity index (χ0) is 24.4. The van der Waals surface area contributed by atoms with Crippen molar-refractivity contribution < 1.29 is 19.8 Å². The van der Waals surface area contributed by atoms with Crippen LogP contribution in [0.3, 0.4) is 0 Å². The fraction of sp³-hybridized carbons (Fsp3) is 0.280. The smallest absolute Gasteiger partial charge is 0.317 e. The van der Waals surface area contributed by atoms with Crippen LogP contribution in [0.4, 0.5) is 11.4 Å². The summed E-state index contributed by atoms with van der Waals surface area (Å²) in [5.74, 6) is -1.19. The Bertz CT molecular complexity index is 1250. The summed E-state index contributed by atoms with van der Waals surface area (Å²) in [7, 11) is 0. The maximum Gasteiger partial charge on any atom is 0.317 e. The van der Waals surface area contributed by atoms with Gasteiger partial charge in [-0.25, -0.2) is 0 Å². The normalized spacial score (nSPS) is 17.7. The number of anilines is 2. The quantitative estimate of drug-likeness (QED) is 0.448. The van der Waals surface area contributed by atoms with Crippen molar-refractivity contribution in [3.63, 3.8) is 0 Å². The van der Waals surface area contributed by atoms with Gasteiger partial charge in [0.15, 0.2) is 5.71 Å². The van der Waals surface area contributed by atoms with Gasteiger partial charge in [0.05, 0.1) is 23.6 Å². The maximum atomic E-state index is 13.0. The minimum atomic E-state index is -0.860. The van der Waals surface area contributed by atoms with Gasteiger partial charge in [0.25, 0.3) is 0 Å². The van der Waals surface area contributed by atoms with Gasteiger partial charge in [-0.05, 0) is 62.1 Å². The molecule has 2 heterocycles. The highest BCUT2D eigenvalue weighted by molar-refractivity contribution is 6.71. The molecule has 176 valence electrons. The van der Waals surface area contributed by atoms with Crippen LogP contribution in [-0.2, 0) is 9.59 Å². The summed E-state index contributed by atoms with van der Waals surface area (Å²) < 4.78 is 0. The highest BCUT2D eigenvalue weighted by atomic mass is 16.4. The first-order valence-electron chi connectivity index (χ1n) is 11.0. The van der Waals surface area contributed by atoms with Crippen LogP contribution in [0.2, 0.25) is 0 Å². The number of hydrogen-bond acceptors (Lipinski definition) is 7. The Balaban J connectivity index is 1.51. The predicted octanol–water partition coefficient (Wildman–Crippen LogP) is 3.37. The second-order valence-electron chi connectivity index (χ2n) is 8.45. The highest BCUT2D eigenvalue weighted by Crippen LogP contribution is 2.35. The molecule has 34 heavy (non-hydrogen) atoms. The third kappa shape index (κ3) is 4.69. The number of amides is 1. The lowest BCUT2D eigenvalue weighted by molar-refractivity contribution is -0.138. The lowest BCUT2D eigenvalue weighted by Gasteiger charge is -2.25. The van der Waals surface area contributed by atoms with Crippen LogP contribution in [0, 0.1) is 13.8 Å². The summed E-state index contributed by atoms with van der Waals surface area (Å²) in [6, 6.07) is 11.0. The second kappa shape index (κ2) is 9.48. The monoisotopic (exact) mass is 461 g/mol. The Morgan fingerprint density at radius 1 is 1.18 bits per heavy atom. The zero-order valence-corrected chi connectivity index (χ0v) is 19.4. The number of phenolic OH excluding ortho intramolecular Hbond substituents is 1. The standard InChI is InChI=1S/C25H27N5O4/c1-15-7-8-19(13-16(15)2)30-25(34)23(17(3)28-30)27-26-21-6-4-5-20(24(21)33)18-9-11-29(12-10-18)14-22(31)32/h4-9,13,26,33H,10-12,14H2,1-3H3,(H,31,32). The summed E-state index contributed by atoms with van der Waals surface area (Å²) in [5, 5.41) is 29.7. The maximum absolute atomic E-state index is 13.0. The highest BCUT2D eigenvalue weighted by Gasteiger charge is 2.31. The van der Waals surface area contributed by atoms with E-state index in [4.69, 9.17) is 5.11 Å². The zero-order valence-electron chi connectivity index (χ0n) is 19.4. The number of hydrazone groups is 2. The van der Waals surface area contributed by atoms with Crippen molar-refractivity contribution in [2.45, 2.75) is 27.2 Å². The summed E-state index contributed by atoms with van der Waals surface area (Å²) in [6.45, 7) is 6.78. The molecule has 0 spiro atoms. The number of hydrogen-bond donors (Lipinski definition) is 3. The van der Waals surface area contributed by atoms with Crippen LogP contribution in [-0.4, -0.2) is 58.0 Å². The number of benzene rings is 2. The second-order valence-corrected chi connectivity index (χ2v) is 8.45. The van der Waals surface area contributed by atoms with Gasteiger partial charge in [-0.1, -0.05) is 24.3 Å². The number of aryl methyl sites for hydroxylation is 2. The molecule has 1 amide bonds. The minimum Gasteiger partial charge on any atom is -0.505 e. The fourth-order valence-electron chi connectivity index (χ4n) is 3.96. The van der Waals surface area contributed by atoms with Gasteiger partial charge in [-0.15, -0.1) is 0 Å². The number of carboxylic acids is 1. The van der Waals surface area contributed by atoms with Crippen molar-refractivity contribution >= 4 is 40.2 Å². The fourth-order valence-corrected chi connectivity index (χ4v) is 3.96. The predicted molar refractivity (Wildman–Crippen MR) is 132 cm³/mol. The molecule has 9 nitrogen and oxygen atoms in total. The molecule has 0 aliphatic carbocycles. The Morgan fingerprint density at radius 3 is 2.65 bits per heavy atom. The van der Waals surface area contributed by atoms with Crippen LogP contribution in [0.1, 0.15) is 30.0 Å². The van der Waals surface area contributed by atoms with E-state index >= 15 is 0 Å². The molecular weight excluding hydrogens is 434 g/mol. The molecule has 0 radical (unpaired) electrons. The number of rotatable bonds is 6. The van der Waals surface area contributed by atoms with E-state index in [1.807, 2.05) is 43.0 Å². The Hall–Kier alpha value is -3.98. The van der Waals surface area contributed by atoms with Crippen molar-refractivity contribution in [3.8, 4) is 5.75 Å². The van der Waals surface area contributed by atoms with Crippen LogP contribution in [0.25, 0.3) is 5.57 Å². The topological polar surface area (TPSA) is 118 Å². The molecule has 0 fully saturated rings. The number of phenols is 1. The summed E-state index contributed by atoms with van der Waals surface area (Å²) >= 11 is 0. The lowest BCUT2D eigenvalue weighted by atomic mass is 9.98. The van der Waals surface area contributed by atoms with E-state index in [1.165, 1.54) is 5.01 Å².